The van der Waals surface area contributed by atoms with E-state index in [1.54, 1.807) is 0 Å². The van der Waals surface area contributed by atoms with Gasteiger partial charge in [0.15, 0.2) is 5.78 Å². The van der Waals surface area contributed by atoms with Crippen molar-refractivity contribution in [3.63, 3.8) is 0 Å². The molecule has 16 heavy (non-hydrogen) atoms. The van der Waals surface area contributed by atoms with Crippen LogP contribution in [0.25, 0.3) is 0 Å². The lowest BCUT2D eigenvalue weighted by molar-refractivity contribution is 0.103. The highest BCUT2D eigenvalue weighted by molar-refractivity contribution is 6.13. The summed E-state index contributed by atoms with van der Waals surface area (Å²) in [6.07, 6.45) is 2.80. The Morgan fingerprint density at radius 3 is 2.56 bits per heavy atom. The third kappa shape index (κ3) is 1.87. The molecule has 0 aromatic heterocycles. The molecule has 0 spiro atoms. The first kappa shape index (κ1) is 10.9. The van der Waals surface area contributed by atoms with E-state index in [1.165, 1.54) is 0 Å². The van der Waals surface area contributed by atoms with E-state index in [0.29, 0.717) is 0 Å². The summed E-state index contributed by atoms with van der Waals surface area (Å²) in [5.41, 5.74) is 2.96. The van der Waals surface area contributed by atoms with Gasteiger partial charge in [0.1, 0.15) is 0 Å². The van der Waals surface area contributed by atoms with Crippen molar-refractivity contribution in [2.45, 2.75) is 20.3 Å². The lowest BCUT2D eigenvalue weighted by Gasteiger charge is -2.15. The number of carbonyl (C=O) groups is 1. The summed E-state index contributed by atoms with van der Waals surface area (Å²) >= 11 is 0. The average molecular weight is 215 g/mol. The van der Waals surface area contributed by atoms with Crippen LogP contribution in [0.2, 0.25) is 0 Å². The van der Waals surface area contributed by atoms with Gasteiger partial charge in [-0.2, -0.15) is 0 Å². The van der Waals surface area contributed by atoms with E-state index in [2.05, 4.69) is 18.7 Å². The fraction of sp³-hybridized carbons (Fsp3) is 0.357. The van der Waals surface area contributed by atoms with Crippen molar-refractivity contribution in [1.29, 1.82) is 0 Å². The summed E-state index contributed by atoms with van der Waals surface area (Å²) in [5, 5.41) is 0. The molecule has 0 N–H and O–H groups in total. The van der Waals surface area contributed by atoms with E-state index in [0.717, 1.165) is 36.2 Å². The zero-order chi connectivity index (χ0) is 11.5. The Morgan fingerprint density at radius 2 is 1.94 bits per heavy atom. The number of benzene rings is 1. The van der Waals surface area contributed by atoms with Crippen LogP contribution < -0.4 is 0 Å². The van der Waals surface area contributed by atoms with Gasteiger partial charge < -0.3 is 4.90 Å². The van der Waals surface area contributed by atoms with Gasteiger partial charge in [-0.05, 0) is 19.4 Å². The van der Waals surface area contributed by atoms with Crippen LogP contribution in [0.15, 0.2) is 36.0 Å². The van der Waals surface area contributed by atoms with Gasteiger partial charge >= 0.3 is 0 Å². The molecule has 1 aromatic carbocycles. The van der Waals surface area contributed by atoms with Crippen molar-refractivity contribution >= 4 is 5.78 Å². The molecule has 0 atom stereocenters. The van der Waals surface area contributed by atoms with E-state index in [-0.39, 0.29) is 5.78 Å². The summed E-state index contributed by atoms with van der Waals surface area (Å²) in [5.74, 6) is 0.197. The molecule has 0 radical (unpaired) electrons. The Balaban J connectivity index is 2.28. The number of carbonyl (C=O) groups excluding carboxylic acids is 1. The van der Waals surface area contributed by atoms with Gasteiger partial charge in [-0.15, -0.1) is 0 Å². The molecular formula is C14H17NO. The van der Waals surface area contributed by atoms with Crippen molar-refractivity contribution in [2.24, 2.45) is 0 Å². The third-order valence-corrected chi connectivity index (χ3v) is 3.09. The molecule has 0 unspecified atom stereocenters. The number of hydrogen-bond acceptors (Lipinski definition) is 2. The standard InChI is InChI=1S/C14H17NO/c1-3-15(4-2)10-12-9-11-7-5-6-8-13(11)14(12)16/h5-8,10H,3-4,9H2,1-2H3/b12-10-. The second-order valence-electron chi connectivity index (χ2n) is 4.04. The smallest absolute Gasteiger partial charge is 0.191 e. The minimum absolute atomic E-state index is 0.197. The molecule has 1 aliphatic rings. The summed E-state index contributed by atoms with van der Waals surface area (Å²) in [6.45, 7) is 6.10. The van der Waals surface area contributed by atoms with Crippen LogP contribution in [0.4, 0.5) is 0 Å². The third-order valence-electron chi connectivity index (χ3n) is 3.09. The largest absolute Gasteiger partial charge is 0.378 e. The quantitative estimate of drug-likeness (QED) is 0.722. The van der Waals surface area contributed by atoms with Crippen LogP contribution in [0.3, 0.4) is 0 Å². The van der Waals surface area contributed by atoms with Crippen molar-refractivity contribution in [3.8, 4) is 0 Å². The van der Waals surface area contributed by atoms with E-state index in [1.807, 2.05) is 30.5 Å². The van der Waals surface area contributed by atoms with E-state index < -0.39 is 0 Å². The number of allylic oxidation sites excluding steroid dienone is 1. The molecule has 1 aliphatic carbocycles. The van der Waals surface area contributed by atoms with E-state index >= 15 is 0 Å². The predicted molar refractivity (Wildman–Crippen MR) is 65.5 cm³/mol. The highest BCUT2D eigenvalue weighted by Gasteiger charge is 2.24. The van der Waals surface area contributed by atoms with Gasteiger partial charge in [0.05, 0.1) is 0 Å². The lowest BCUT2D eigenvalue weighted by Crippen LogP contribution is -2.17. The zero-order valence-corrected chi connectivity index (χ0v) is 9.86. The van der Waals surface area contributed by atoms with Crippen LogP contribution >= 0.6 is 0 Å². The first-order valence-corrected chi connectivity index (χ1v) is 5.83. The van der Waals surface area contributed by atoms with Gasteiger partial charge in [0, 0.05) is 36.8 Å². The van der Waals surface area contributed by atoms with Gasteiger partial charge in [-0.25, -0.2) is 0 Å². The zero-order valence-electron chi connectivity index (χ0n) is 9.86. The highest BCUT2D eigenvalue weighted by Crippen LogP contribution is 2.26. The second kappa shape index (κ2) is 4.52. The topological polar surface area (TPSA) is 20.3 Å². The number of Topliss-reactive ketones (excluding diaryl/α,β-unsaturated/α-hetero) is 1. The SMILES string of the molecule is CCN(/C=C1/Cc2ccccc2C1=O)CC. The van der Waals surface area contributed by atoms with Crippen LogP contribution in [0.1, 0.15) is 29.8 Å². The Bertz CT molecular complexity index is 430. The molecule has 0 aliphatic heterocycles. The predicted octanol–water partition coefficient (Wildman–Crippen LogP) is 2.65. The van der Waals surface area contributed by atoms with Crippen molar-refractivity contribution in [2.75, 3.05) is 13.1 Å². The summed E-state index contributed by atoms with van der Waals surface area (Å²) in [4.78, 5) is 14.2. The number of nitrogens with zero attached hydrogens (tertiary/aromatic N) is 1. The molecule has 0 fully saturated rings. The van der Waals surface area contributed by atoms with Gasteiger partial charge in [-0.1, -0.05) is 24.3 Å². The van der Waals surface area contributed by atoms with Crippen LogP contribution in [0, 0.1) is 0 Å². The molecule has 0 saturated carbocycles. The molecule has 1 aromatic rings. The number of ketones is 1. The molecule has 2 heteroatoms. The number of rotatable bonds is 3. The minimum Gasteiger partial charge on any atom is -0.378 e. The second-order valence-corrected chi connectivity index (χ2v) is 4.04. The molecule has 84 valence electrons. The van der Waals surface area contributed by atoms with Crippen LogP contribution in [0.5, 0.6) is 0 Å². The normalized spacial score (nSPS) is 16.6. The molecule has 0 heterocycles. The van der Waals surface area contributed by atoms with Gasteiger partial charge in [0.2, 0.25) is 0 Å². The Hall–Kier alpha value is -1.57. The summed E-state index contributed by atoms with van der Waals surface area (Å²) in [7, 11) is 0. The molecule has 0 bridgehead atoms. The van der Waals surface area contributed by atoms with Crippen molar-refractivity contribution in [1.82, 2.24) is 4.90 Å². The Labute approximate surface area is 96.6 Å². The maximum atomic E-state index is 12.1. The lowest BCUT2D eigenvalue weighted by atomic mass is 10.1. The number of fused-ring (bicyclic) bond motifs is 1. The minimum atomic E-state index is 0.197. The molecule has 0 saturated heterocycles. The Kier molecular flexibility index (Phi) is 3.09. The Morgan fingerprint density at radius 1 is 1.25 bits per heavy atom. The molecule has 2 nitrogen and oxygen atoms in total. The van der Waals surface area contributed by atoms with Crippen LogP contribution in [-0.2, 0) is 6.42 Å². The fourth-order valence-electron chi connectivity index (χ4n) is 2.09. The number of hydrogen-bond donors (Lipinski definition) is 0. The van der Waals surface area contributed by atoms with E-state index in [9.17, 15) is 4.79 Å². The summed E-state index contributed by atoms with van der Waals surface area (Å²) in [6, 6.07) is 7.88. The average Bonchev–Trinajstić information content (AvgIpc) is 2.64. The molecular weight excluding hydrogens is 198 g/mol. The maximum Gasteiger partial charge on any atom is 0.191 e. The first-order chi connectivity index (χ1) is 7.76. The van der Waals surface area contributed by atoms with E-state index in [4.69, 9.17) is 0 Å². The highest BCUT2D eigenvalue weighted by atomic mass is 16.1. The van der Waals surface area contributed by atoms with Gasteiger partial charge in [-0.3, -0.25) is 4.79 Å². The van der Waals surface area contributed by atoms with Crippen molar-refractivity contribution < 1.29 is 4.79 Å². The maximum absolute atomic E-state index is 12.1. The van der Waals surface area contributed by atoms with Gasteiger partial charge in [0.25, 0.3) is 0 Å². The summed E-state index contributed by atoms with van der Waals surface area (Å²) < 4.78 is 0. The molecule has 0 amide bonds. The van der Waals surface area contributed by atoms with Crippen LogP contribution in [-0.4, -0.2) is 23.8 Å². The monoisotopic (exact) mass is 215 g/mol. The van der Waals surface area contributed by atoms with Crippen molar-refractivity contribution in [3.05, 3.63) is 47.2 Å². The fourth-order valence-corrected chi connectivity index (χ4v) is 2.09. The molecule has 2 rings (SSSR count). The first-order valence-electron chi connectivity index (χ1n) is 5.83.